The monoisotopic (exact) mass is 529 g/mol. The lowest BCUT2D eigenvalue weighted by molar-refractivity contribution is 0.222. The van der Waals surface area contributed by atoms with Crippen LogP contribution in [0.5, 0.6) is 23.0 Å². The molecule has 7 nitrogen and oxygen atoms in total. The molecule has 8 heteroatoms. The van der Waals surface area contributed by atoms with E-state index in [-0.39, 0.29) is 30.1 Å². The van der Waals surface area contributed by atoms with Crippen molar-refractivity contribution in [3.8, 4) is 23.0 Å². The summed E-state index contributed by atoms with van der Waals surface area (Å²) in [5.41, 5.74) is 2.04. The maximum absolute atomic E-state index is 6.00. The van der Waals surface area contributed by atoms with Crippen molar-refractivity contribution in [2.45, 2.75) is 26.5 Å². The van der Waals surface area contributed by atoms with Gasteiger partial charge >= 0.3 is 0 Å². The second-order valence-corrected chi connectivity index (χ2v) is 6.52. The van der Waals surface area contributed by atoms with E-state index in [1.54, 1.807) is 28.4 Å². The van der Waals surface area contributed by atoms with Crippen molar-refractivity contribution in [2.24, 2.45) is 4.99 Å². The molecule has 0 radical (unpaired) electrons. The first-order chi connectivity index (χ1) is 14.0. The number of benzene rings is 2. The summed E-state index contributed by atoms with van der Waals surface area (Å²) >= 11 is 0. The van der Waals surface area contributed by atoms with Crippen LogP contribution in [0.3, 0.4) is 0 Å². The summed E-state index contributed by atoms with van der Waals surface area (Å²) < 4.78 is 22.2. The van der Waals surface area contributed by atoms with Crippen LogP contribution < -0.4 is 29.6 Å². The van der Waals surface area contributed by atoms with Gasteiger partial charge in [-0.15, -0.1) is 24.0 Å². The Labute approximate surface area is 196 Å². The number of para-hydroxylation sites is 1. The number of aryl methyl sites for hydroxylation is 1. The molecule has 30 heavy (non-hydrogen) atoms. The van der Waals surface area contributed by atoms with Gasteiger partial charge in [-0.2, -0.15) is 0 Å². The lowest BCUT2D eigenvalue weighted by atomic mass is 10.1. The molecule has 0 saturated carbocycles. The van der Waals surface area contributed by atoms with Gasteiger partial charge in [0.2, 0.25) is 0 Å². The zero-order valence-electron chi connectivity index (χ0n) is 18.4. The van der Waals surface area contributed by atoms with Crippen LogP contribution in [0, 0.1) is 6.92 Å². The van der Waals surface area contributed by atoms with Gasteiger partial charge in [0, 0.05) is 25.2 Å². The topological polar surface area (TPSA) is 73.3 Å². The first-order valence-electron chi connectivity index (χ1n) is 9.48. The smallest absolute Gasteiger partial charge is 0.191 e. The largest absolute Gasteiger partial charge is 0.496 e. The van der Waals surface area contributed by atoms with Gasteiger partial charge in [0.25, 0.3) is 0 Å². The minimum atomic E-state index is -0.0229. The van der Waals surface area contributed by atoms with Gasteiger partial charge in [-0.3, -0.25) is 4.99 Å². The number of aliphatic imine (C=N–C) groups is 1. The number of ether oxygens (including phenoxy) is 4. The summed E-state index contributed by atoms with van der Waals surface area (Å²) in [6.07, 6.45) is -0.0229. The van der Waals surface area contributed by atoms with E-state index in [9.17, 15) is 0 Å². The molecule has 0 aliphatic rings. The van der Waals surface area contributed by atoms with Crippen molar-refractivity contribution in [1.29, 1.82) is 0 Å². The molecular weight excluding hydrogens is 497 g/mol. The molecule has 0 aliphatic carbocycles. The lowest BCUT2D eigenvalue weighted by Gasteiger charge is -2.19. The van der Waals surface area contributed by atoms with Crippen molar-refractivity contribution in [2.75, 3.05) is 34.9 Å². The van der Waals surface area contributed by atoms with E-state index in [1.165, 1.54) is 0 Å². The van der Waals surface area contributed by atoms with Crippen LogP contribution in [0.2, 0.25) is 0 Å². The van der Waals surface area contributed by atoms with Gasteiger partial charge in [-0.1, -0.05) is 18.2 Å². The van der Waals surface area contributed by atoms with Crippen LogP contribution >= 0.6 is 24.0 Å². The normalized spacial score (nSPS) is 11.7. The molecular formula is C22H32IN3O4. The Morgan fingerprint density at radius 3 is 2.17 bits per heavy atom. The Kier molecular flexibility index (Phi) is 11.2. The fourth-order valence-electron chi connectivity index (χ4n) is 2.82. The molecule has 166 valence electrons. The maximum Gasteiger partial charge on any atom is 0.191 e. The Morgan fingerprint density at radius 1 is 0.933 bits per heavy atom. The zero-order valence-corrected chi connectivity index (χ0v) is 20.8. The fraction of sp³-hybridized carbons (Fsp3) is 0.409. The molecule has 0 spiro atoms. The van der Waals surface area contributed by atoms with E-state index in [1.807, 2.05) is 50.2 Å². The molecule has 0 heterocycles. The molecule has 0 amide bonds. The highest BCUT2D eigenvalue weighted by atomic mass is 127. The lowest BCUT2D eigenvalue weighted by Crippen LogP contribution is -2.41. The third-order valence-electron chi connectivity index (χ3n) is 4.44. The molecule has 2 N–H and O–H groups in total. The summed E-state index contributed by atoms with van der Waals surface area (Å²) in [7, 11) is 6.56. The number of halogens is 1. The van der Waals surface area contributed by atoms with E-state index >= 15 is 0 Å². The van der Waals surface area contributed by atoms with E-state index in [0.29, 0.717) is 36.3 Å². The van der Waals surface area contributed by atoms with Gasteiger partial charge < -0.3 is 29.6 Å². The highest BCUT2D eigenvalue weighted by Crippen LogP contribution is 2.34. The molecule has 2 rings (SSSR count). The first-order valence-corrected chi connectivity index (χ1v) is 9.48. The minimum Gasteiger partial charge on any atom is -0.496 e. The van der Waals surface area contributed by atoms with Crippen molar-refractivity contribution in [3.05, 3.63) is 47.5 Å². The number of hydrogen-bond donors (Lipinski definition) is 2. The van der Waals surface area contributed by atoms with Crippen LogP contribution in [0.15, 0.2) is 41.4 Å². The van der Waals surface area contributed by atoms with Gasteiger partial charge in [0.15, 0.2) is 17.5 Å². The maximum atomic E-state index is 6.00. The van der Waals surface area contributed by atoms with Crippen molar-refractivity contribution < 1.29 is 18.9 Å². The molecule has 0 saturated heterocycles. The average molecular weight is 529 g/mol. The minimum absolute atomic E-state index is 0. The third-order valence-corrected chi connectivity index (χ3v) is 4.44. The molecule has 0 aromatic heterocycles. The standard InChI is InChI=1S/C22H31N3O4.HI/c1-15-9-7-8-10-18(15)29-16(2)13-24-22(23-3)25-14-17-11-20(27-5)21(28-6)12-19(17)26-4;/h7-12,16H,13-14H2,1-6H3,(H2,23,24,25);1H. The van der Waals surface area contributed by atoms with Crippen molar-refractivity contribution in [3.63, 3.8) is 0 Å². The Bertz CT molecular complexity index is 830. The van der Waals surface area contributed by atoms with Gasteiger partial charge in [-0.25, -0.2) is 0 Å². The SMILES string of the molecule is CN=C(NCc1cc(OC)c(OC)cc1OC)NCC(C)Oc1ccccc1C.I. The van der Waals surface area contributed by atoms with Crippen molar-refractivity contribution in [1.82, 2.24) is 10.6 Å². The fourth-order valence-corrected chi connectivity index (χ4v) is 2.82. The van der Waals surface area contributed by atoms with E-state index in [4.69, 9.17) is 18.9 Å². The molecule has 2 aromatic rings. The number of hydrogen-bond acceptors (Lipinski definition) is 5. The van der Waals surface area contributed by atoms with E-state index in [2.05, 4.69) is 15.6 Å². The number of nitrogens with one attached hydrogen (secondary N) is 2. The van der Waals surface area contributed by atoms with Crippen LogP contribution in [-0.2, 0) is 6.54 Å². The number of nitrogens with zero attached hydrogens (tertiary/aromatic N) is 1. The molecule has 0 fully saturated rings. The van der Waals surface area contributed by atoms with Gasteiger partial charge in [-0.05, 0) is 31.5 Å². The molecule has 0 bridgehead atoms. The number of rotatable bonds is 9. The summed E-state index contributed by atoms with van der Waals surface area (Å²) in [5.74, 6) is 3.54. The van der Waals surface area contributed by atoms with Crippen molar-refractivity contribution >= 4 is 29.9 Å². The number of methoxy groups -OCH3 is 3. The number of guanidine groups is 1. The average Bonchev–Trinajstić information content (AvgIpc) is 2.74. The summed E-state index contributed by atoms with van der Waals surface area (Å²) in [4.78, 5) is 4.27. The van der Waals surface area contributed by atoms with E-state index < -0.39 is 0 Å². The molecule has 1 atom stereocenters. The van der Waals surface area contributed by atoms with Crippen LogP contribution in [0.25, 0.3) is 0 Å². The predicted octanol–water partition coefficient (Wildman–Crippen LogP) is 3.77. The summed E-state index contributed by atoms with van der Waals surface area (Å²) in [6.45, 7) is 5.17. The quantitative estimate of drug-likeness (QED) is 0.293. The molecule has 1 unspecified atom stereocenters. The molecule has 0 aliphatic heterocycles. The van der Waals surface area contributed by atoms with Crippen LogP contribution in [0.1, 0.15) is 18.1 Å². The highest BCUT2D eigenvalue weighted by Gasteiger charge is 2.13. The predicted molar refractivity (Wildman–Crippen MR) is 131 cm³/mol. The highest BCUT2D eigenvalue weighted by molar-refractivity contribution is 14.0. The third kappa shape index (κ3) is 7.16. The second-order valence-electron chi connectivity index (χ2n) is 6.52. The van der Waals surface area contributed by atoms with Crippen LogP contribution in [0.4, 0.5) is 0 Å². The van der Waals surface area contributed by atoms with E-state index in [0.717, 1.165) is 16.9 Å². The molecule has 2 aromatic carbocycles. The van der Waals surface area contributed by atoms with Gasteiger partial charge in [0.05, 0.1) is 27.9 Å². The first kappa shape index (κ1) is 25.7. The Hall–Kier alpha value is -2.36. The second kappa shape index (κ2) is 13.0. The zero-order chi connectivity index (χ0) is 21.2. The Morgan fingerprint density at radius 2 is 1.57 bits per heavy atom. The summed E-state index contributed by atoms with van der Waals surface area (Å²) in [6, 6.07) is 11.7. The van der Waals surface area contributed by atoms with Crippen LogP contribution in [-0.4, -0.2) is 47.0 Å². The van der Waals surface area contributed by atoms with Gasteiger partial charge in [0.1, 0.15) is 17.6 Å². The Balaban J connectivity index is 0.00000450. The summed E-state index contributed by atoms with van der Waals surface area (Å²) in [5, 5.41) is 6.57.